The normalized spacial score (nSPS) is 13.1. The van der Waals surface area contributed by atoms with Crippen LogP contribution in [0.5, 0.6) is 0 Å². The van der Waals surface area contributed by atoms with Gasteiger partial charge in [-0.2, -0.15) is 13.9 Å². The molecule has 2 heterocycles. The minimum atomic E-state index is -3.28. The third kappa shape index (κ3) is 5.82. The number of alkyl halides is 3. The number of benzene rings is 1. The number of aryl methyl sites for hydroxylation is 1. The second kappa shape index (κ2) is 10.1. The van der Waals surface area contributed by atoms with Crippen LogP contribution in [0.25, 0.3) is 11.1 Å². The summed E-state index contributed by atoms with van der Waals surface area (Å²) in [5, 5.41) is 19.4. The fourth-order valence-corrected chi connectivity index (χ4v) is 2.94. The summed E-state index contributed by atoms with van der Waals surface area (Å²) in [4.78, 5) is 15.5. The lowest BCUT2D eigenvalue weighted by atomic mass is 9.99. The maximum atomic E-state index is 13.1. The maximum absolute atomic E-state index is 13.1. The number of aromatic nitrogens is 3. The molecule has 1 aromatic carbocycles. The highest BCUT2D eigenvalue weighted by molar-refractivity contribution is 5.79. The van der Waals surface area contributed by atoms with E-state index in [1.165, 1.54) is 0 Å². The van der Waals surface area contributed by atoms with Gasteiger partial charge in [0.1, 0.15) is 18.6 Å². The molecule has 0 saturated heterocycles. The molecule has 0 aliphatic carbocycles. The standard InChI is InChI=1S/C21H22F3N5O2/c1-29-9-8-18(28-29)26-12-16-7-6-15(11-25-16)13-2-4-14(5-3-13)19(30)17(10-22)27-21(31)20(23)24/h2-9,11,17,19-20,30H,10,12H2,1H3,(H,26,28)(H,27,31)/t17-,19-/m1/s1. The number of amides is 1. The van der Waals surface area contributed by atoms with Crippen molar-refractivity contribution in [2.45, 2.75) is 25.1 Å². The molecule has 0 fully saturated rings. The van der Waals surface area contributed by atoms with Crippen molar-refractivity contribution in [3.63, 3.8) is 0 Å². The molecule has 164 valence electrons. The molecule has 0 aliphatic rings. The number of pyridine rings is 1. The van der Waals surface area contributed by atoms with Gasteiger partial charge in [0.05, 0.1) is 18.3 Å². The number of halogens is 3. The third-order valence-electron chi connectivity index (χ3n) is 4.65. The first-order valence-electron chi connectivity index (χ1n) is 9.48. The van der Waals surface area contributed by atoms with Gasteiger partial charge in [-0.3, -0.25) is 14.5 Å². The number of hydrogen-bond donors (Lipinski definition) is 3. The lowest BCUT2D eigenvalue weighted by Crippen LogP contribution is -2.43. The van der Waals surface area contributed by atoms with Crippen LogP contribution in [0.15, 0.2) is 54.9 Å². The number of anilines is 1. The van der Waals surface area contributed by atoms with Crippen LogP contribution in [0.1, 0.15) is 17.4 Å². The zero-order chi connectivity index (χ0) is 22.4. The summed E-state index contributed by atoms with van der Waals surface area (Å²) in [6, 6.07) is 10.7. The first-order valence-corrected chi connectivity index (χ1v) is 9.48. The van der Waals surface area contributed by atoms with Crippen LogP contribution in [0, 0.1) is 0 Å². The summed E-state index contributed by atoms with van der Waals surface area (Å²) < 4.78 is 39.6. The van der Waals surface area contributed by atoms with Crippen molar-refractivity contribution < 1.29 is 23.1 Å². The van der Waals surface area contributed by atoms with Crippen molar-refractivity contribution in [3.05, 3.63) is 66.1 Å². The van der Waals surface area contributed by atoms with E-state index in [0.29, 0.717) is 12.1 Å². The van der Waals surface area contributed by atoms with E-state index in [4.69, 9.17) is 0 Å². The van der Waals surface area contributed by atoms with Crippen LogP contribution < -0.4 is 10.6 Å². The average molecular weight is 433 g/mol. The van der Waals surface area contributed by atoms with Crippen molar-refractivity contribution in [3.8, 4) is 11.1 Å². The van der Waals surface area contributed by atoms with E-state index in [2.05, 4.69) is 15.4 Å². The molecule has 3 rings (SSSR count). The number of aliphatic hydroxyl groups is 1. The van der Waals surface area contributed by atoms with Crippen LogP contribution in [-0.2, 0) is 18.4 Å². The highest BCUT2D eigenvalue weighted by atomic mass is 19.3. The summed E-state index contributed by atoms with van der Waals surface area (Å²) in [5.74, 6) is -0.874. The van der Waals surface area contributed by atoms with E-state index >= 15 is 0 Å². The average Bonchev–Trinajstić information content (AvgIpc) is 3.21. The maximum Gasteiger partial charge on any atom is 0.315 e. The number of carbonyl (C=O) groups excluding carboxylic acids is 1. The molecule has 3 aromatic rings. The van der Waals surface area contributed by atoms with E-state index in [9.17, 15) is 23.1 Å². The molecular formula is C21H22F3N5O2. The van der Waals surface area contributed by atoms with Gasteiger partial charge in [-0.05, 0) is 17.2 Å². The topological polar surface area (TPSA) is 92.1 Å². The first-order chi connectivity index (χ1) is 14.9. The van der Waals surface area contributed by atoms with Crippen LogP contribution in [-0.4, -0.2) is 44.9 Å². The first kappa shape index (κ1) is 22.3. The van der Waals surface area contributed by atoms with Crippen molar-refractivity contribution in [2.75, 3.05) is 12.0 Å². The highest BCUT2D eigenvalue weighted by Crippen LogP contribution is 2.24. The predicted octanol–water partition coefficient (Wildman–Crippen LogP) is 2.85. The van der Waals surface area contributed by atoms with Crippen molar-refractivity contribution in [1.82, 2.24) is 20.1 Å². The highest BCUT2D eigenvalue weighted by Gasteiger charge is 2.26. The molecule has 2 aromatic heterocycles. The van der Waals surface area contributed by atoms with Gasteiger partial charge in [-0.15, -0.1) is 0 Å². The van der Waals surface area contributed by atoms with Gasteiger partial charge in [0.15, 0.2) is 0 Å². The molecule has 1 amide bonds. The minimum Gasteiger partial charge on any atom is -0.386 e. The SMILES string of the molecule is Cn1ccc(NCc2ccc(-c3ccc([C@@H](O)[C@@H](CF)NC(=O)C(F)F)cc3)cn2)n1. The molecule has 7 nitrogen and oxygen atoms in total. The molecule has 0 aliphatic heterocycles. The van der Waals surface area contributed by atoms with Gasteiger partial charge in [0, 0.05) is 31.1 Å². The monoisotopic (exact) mass is 433 g/mol. The molecule has 0 unspecified atom stereocenters. The van der Waals surface area contributed by atoms with Gasteiger partial charge in [-0.1, -0.05) is 30.3 Å². The van der Waals surface area contributed by atoms with Gasteiger partial charge in [-0.25, -0.2) is 4.39 Å². The zero-order valence-electron chi connectivity index (χ0n) is 16.7. The molecule has 10 heteroatoms. The molecule has 0 radical (unpaired) electrons. The second-order valence-corrected chi connectivity index (χ2v) is 6.90. The van der Waals surface area contributed by atoms with Crippen molar-refractivity contribution >= 4 is 11.7 Å². The smallest absolute Gasteiger partial charge is 0.315 e. The van der Waals surface area contributed by atoms with E-state index in [1.807, 2.05) is 31.4 Å². The number of hydrogen-bond acceptors (Lipinski definition) is 5. The molecule has 2 atom stereocenters. The molecular weight excluding hydrogens is 411 g/mol. The fraction of sp³-hybridized carbons (Fsp3) is 0.286. The summed E-state index contributed by atoms with van der Waals surface area (Å²) in [6.07, 6.45) is -1.20. The lowest BCUT2D eigenvalue weighted by Gasteiger charge is -2.22. The summed E-state index contributed by atoms with van der Waals surface area (Å²) in [5.41, 5.74) is 2.75. The van der Waals surface area contributed by atoms with Crippen molar-refractivity contribution in [2.24, 2.45) is 7.05 Å². The predicted molar refractivity (Wildman–Crippen MR) is 109 cm³/mol. The molecule has 0 saturated carbocycles. The van der Waals surface area contributed by atoms with Gasteiger partial charge in [0.2, 0.25) is 0 Å². The van der Waals surface area contributed by atoms with Gasteiger partial charge >= 0.3 is 6.43 Å². The Bertz CT molecular complexity index is 993. The van der Waals surface area contributed by atoms with E-state index in [-0.39, 0.29) is 0 Å². The second-order valence-electron chi connectivity index (χ2n) is 6.90. The van der Waals surface area contributed by atoms with Gasteiger partial charge < -0.3 is 15.7 Å². The Kier molecular flexibility index (Phi) is 7.24. The van der Waals surface area contributed by atoms with Crippen LogP contribution >= 0.6 is 0 Å². The van der Waals surface area contributed by atoms with Crippen LogP contribution in [0.4, 0.5) is 19.0 Å². The Morgan fingerprint density at radius 2 is 1.84 bits per heavy atom. The number of rotatable bonds is 9. The zero-order valence-corrected chi connectivity index (χ0v) is 16.7. The van der Waals surface area contributed by atoms with E-state index in [0.717, 1.165) is 22.6 Å². The number of nitrogens with zero attached hydrogens (tertiary/aromatic N) is 3. The van der Waals surface area contributed by atoms with Crippen LogP contribution in [0.3, 0.4) is 0 Å². The third-order valence-corrected chi connectivity index (χ3v) is 4.65. The fourth-order valence-electron chi connectivity index (χ4n) is 2.94. The Morgan fingerprint density at radius 3 is 2.39 bits per heavy atom. The molecule has 0 spiro atoms. The van der Waals surface area contributed by atoms with Crippen LogP contribution in [0.2, 0.25) is 0 Å². The quantitative estimate of drug-likeness (QED) is 0.483. The Hall–Kier alpha value is -3.40. The number of nitrogens with one attached hydrogen (secondary N) is 2. The summed E-state index contributed by atoms with van der Waals surface area (Å²) in [7, 11) is 1.83. The molecule has 0 bridgehead atoms. The Labute approximate surface area is 176 Å². The summed E-state index contributed by atoms with van der Waals surface area (Å²) >= 11 is 0. The van der Waals surface area contributed by atoms with Crippen molar-refractivity contribution in [1.29, 1.82) is 0 Å². The van der Waals surface area contributed by atoms with E-state index in [1.54, 1.807) is 40.5 Å². The lowest BCUT2D eigenvalue weighted by molar-refractivity contribution is -0.133. The number of carbonyl (C=O) groups is 1. The summed E-state index contributed by atoms with van der Waals surface area (Å²) in [6.45, 7) is -0.670. The van der Waals surface area contributed by atoms with Gasteiger partial charge in [0.25, 0.3) is 5.91 Å². The molecule has 31 heavy (non-hydrogen) atoms. The molecule has 3 N–H and O–H groups in total. The van der Waals surface area contributed by atoms with E-state index < -0.39 is 31.2 Å². The largest absolute Gasteiger partial charge is 0.386 e. The Morgan fingerprint density at radius 1 is 1.13 bits per heavy atom. The minimum absolute atomic E-state index is 0.296. The Balaban J connectivity index is 1.63. The number of aliphatic hydroxyl groups excluding tert-OH is 1.